The Hall–Kier alpha value is -2.24. The van der Waals surface area contributed by atoms with Crippen LogP contribution in [0.3, 0.4) is 0 Å². The summed E-state index contributed by atoms with van der Waals surface area (Å²) in [6, 6.07) is 3.95. The molecular weight excluding hydrogens is 314 g/mol. The summed E-state index contributed by atoms with van der Waals surface area (Å²) >= 11 is 0. The number of aromatic amines is 1. The first-order chi connectivity index (χ1) is 12.1. The van der Waals surface area contributed by atoms with E-state index < -0.39 is 0 Å². The monoisotopic (exact) mass is 341 g/mol. The third kappa shape index (κ3) is 4.87. The lowest BCUT2D eigenvalue weighted by atomic mass is 9.93. The summed E-state index contributed by atoms with van der Waals surface area (Å²) in [5.41, 5.74) is 1.17. The van der Waals surface area contributed by atoms with Crippen LogP contribution in [0.15, 0.2) is 24.5 Å². The van der Waals surface area contributed by atoms with Gasteiger partial charge >= 0.3 is 0 Å². The molecule has 1 amide bonds. The van der Waals surface area contributed by atoms with E-state index in [-0.39, 0.29) is 5.91 Å². The lowest BCUT2D eigenvalue weighted by molar-refractivity contribution is -0.132. The summed E-state index contributed by atoms with van der Waals surface area (Å²) in [6.45, 7) is 5.90. The molecule has 1 fully saturated rings. The van der Waals surface area contributed by atoms with E-state index in [1.165, 1.54) is 5.56 Å². The Morgan fingerprint density at radius 3 is 2.64 bits per heavy atom. The summed E-state index contributed by atoms with van der Waals surface area (Å²) in [6.07, 6.45) is 7.93. The van der Waals surface area contributed by atoms with Crippen LogP contribution in [-0.4, -0.2) is 44.1 Å². The standard InChI is InChI=1S/C19H27N5O/c1-14(2)19-21-17(22-23-19)13-16-7-11-24(12-8-16)18(25)4-3-15-5-9-20-10-6-15/h5-6,9-10,14,16H,3-4,7-8,11-13H2,1-2H3,(H,21,22,23). The van der Waals surface area contributed by atoms with Gasteiger partial charge in [0.15, 0.2) is 5.82 Å². The Morgan fingerprint density at radius 2 is 2.00 bits per heavy atom. The lowest BCUT2D eigenvalue weighted by Gasteiger charge is -2.31. The minimum Gasteiger partial charge on any atom is -0.343 e. The molecule has 0 aliphatic carbocycles. The number of nitrogens with one attached hydrogen (secondary N) is 1. The summed E-state index contributed by atoms with van der Waals surface area (Å²) in [4.78, 5) is 23.0. The van der Waals surface area contributed by atoms with Crippen molar-refractivity contribution >= 4 is 5.91 Å². The molecule has 0 unspecified atom stereocenters. The zero-order valence-electron chi connectivity index (χ0n) is 15.1. The number of nitrogens with zero attached hydrogens (tertiary/aromatic N) is 4. The molecule has 0 aromatic carbocycles. The fourth-order valence-corrected chi connectivity index (χ4v) is 3.28. The number of likely N-dealkylation sites (tertiary alicyclic amines) is 1. The van der Waals surface area contributed by atoms with Gasteiger partial charge in [0.05, 0.1) is 0 Å². The molecule has 6 heteroatoms. The second-order valence-electron chi connectivity index (χ2n) is 7.18. The zero-order valence-corrected chi connectivity index (χ0v) is 15.1. The maximum Gasteiger partial charge on any atom is 0.222 e. The second kappa shape index (κ2) is 8.23. The van der Waals surface area contributed by atoms with Gasteiger partial charge in [-0.2, -0.15) is 5.10 Å². The molecule has 0 radical (unpaired) electrons. The topological polar surface area (TPSA) is 74.8 Å². The Morgan fingerprint density at radius 1 is 1.28 bits per heavy atom. The van der Waals surface area contributed by atoms with Gasteiger partial charge in [0, 0.05) is 44.2 Å². The normalized spacial score (nSPS) is 15.7. The van der Waals surface area contributed by atoms with Crippen molar-refractivity contribution in [3.8, 4) is 0 Å². The fraction of sp³-hybridized carbons (Fsp3) is 0.579. The number of carbonyl (C=O) groups is 1. The number of hydrogen-bond donors (Lipinski definition) is 1. The molecule has 2 aromatic heterocycles. The van der Waals surface area contributed by atoms with Gasteiger partial charge in [-0.25, -0.2) is 4.98 Å². The summed E-state index contributed by atoms with van der Waals surface area (Å²) < 4.78 is 0. The van der Waals surface area contributed by atoms with Crippen LogP contribution in [0.25, 0.3) is 0 Å². The number of H-pyrrole nitrogens is 1. The predicted octanol–water partition coefficient (Wildman–Crippen LogP) is 2.74. The molecule has 0 saturated carbocycles. The average Bonchev–Trinajstić information content (AvgIpc) is 3.10. The van der Waals surface area contributed by atoms with E-state index in [1.807, 2.05) is 17.0 Å². The average molecular weight is 341 g/mol. The van der Waals surface area contributed by atoms with Gasteiger partial charge in [0.25, 0.3) is 0 Å². The van der Waals surface area contributed by atoms with Crippen molar-refractivity contribution in [1.29, 1.82) is 0 Å². The minimum absolute atomic E-state index is 0.261. The van der Waals surface area contributed by atoms with Crippen molar-refractivity contribution in [2.75, 3.05) is 13.1 Å². The van der Waals surface area contributed by atoms with Crippen LogP contribution in [-0.2, 0) is 17.6 Å². The highest BCUT2D eigenvalue weighted by Crippen LogP contribution is 2.21. The number of amides is 1. The molecule has 1 aliphatic rings. The van der Waals surface area contributed by atoms with E-state index in [4.69, 9.17) is 0 Å². The van der Waals surface area contributed by atoms with E-state index in [0.29, 0.717) is 18.3 Å². The van der Waals surface area contributed by atoms with Crippen molar-refractivity contribution < 1.29 is 4.79 Å². The largest absolute Gasteiger partial charge is 0.343 e. The highest BCUT2D eigenvalue weighted by molar-refractivity contribution is 5.76. The molecule has 1 aliphatic heterocycles. The maximum absolute atomic E-state index is 12.4. The first-order valence-electron chi connectivity index (χ1n) is 9.19. The number of pyridine rings is 1. The van der Waals surface area contributed by atoms with Crippen LogP contribution >= 0.6 is 0 Å². The van der Waals surface area contributed by atoms with Gasteiger partial charge in [-0.1, -0.05) is 13.8 Å². The number of piperidine rings is 1. The van der Waals surface area contributed by atoms with Crippen LogP contribution < -0.4 is 0 Å². The Kier molecular flexibility index (Phi) is 5.79. The molecule has 134 valence electrons. The molecule has 6 nitrogen and oxygen atoms in total. The van der Waals surface area contributed by atoms with Crippen molar-refractivity contribution in [3.05, 3.63) is 41.7 Å². The maximum atomic E-state index is 12.4. The molecule has 1 N–H and O–H groups in total. The lowest BCUT2D eigenvalue weighted by Crippen LogP contribution is -2.39. The van der Waals surface area contributed by atoms with Gasteiger partial charge in [0.2, 0.25) is 5.91 Å². The van der Waals surface area contributed by atoms with Crippen molar-refractivity contribution in [3.63, 3.8) is 0 Å². The van der Waals surface area contributed by atoms with Crippen molar-refractivity contribution in [1.82, 2.24) is 25.1 Å². The Labute approximate surface area is 149 Å². The third-order valence-electron chi connectivity index (χ3n) is 4.89. The number of aromatic nitrogens is 4. The van der Waals surface area contributed by atoms with E-state index in [1.54, 1.807) is 12.4 Å². The quantitative estimate of drug-likeness (QED) is 0.876. The molecule has 0 atom stereocenters. The van der Waals surface area contributed by atoms with Crippen LogP contribution in [0.4, 0.5) is 0 Å². The second-order valence-corrected chi connectivity index (χ2v) is 7.18. The van der Waals surface area contributed by atoms with Crippen LogP contribution in [0.5, 0.6) is 0 Å². The first kappa shape index (κ1) is 17.6. The van der Waals surface area contributed by atoms with E-state index in [0.717, 1.165) is 50.4 Å². The van der Waals surface area contributed by atoms with Crippen LogP contribution in [0, 0.1) is 5.92 Å². The molecule has 25 heavy (non-hydrogen) atoms. The smallest absolute Gasteiger partial charge is 0.222 e. The number of carbonyl (C=O) groups excluding carboxylic acids is 1. The Balaban J connectivity index is 1.42. The van der Waals surface area contributed by atoms with Crippen LogP contribution in [0.2, 0.25) is 0 Å². The molecular formula is C19H27N5O. The SMILES string of the molecule is CC(C)c1n[nH]c(CC2CCN(C(=O)CCc3ccncc3)CC2)n1. The van der Waals surface area contributed by atoms with Gasteiger partial charge in [-0.05, 0) is 42.9 Å². The summed E-state index contributed by atoms with van der Waals surface area (Å²) in [7, 11) is 0. The molecule has 1 saturated heterocycles. The predicted molar refractivity (Wildman–Crippen MR) is 96.0 cm³/mol. The van der Waals surface area contributed by atoms with E-state index in [2.05, 4.69) is 34.0 Å². The van der Waals surface area contributed by atoms with E-state index >= 15 is 0 Å². The minimum atomic E-state index is 0.261. The molecule has 0 spiro atoms. The molecule has 0 bridgehead atoms. The highest BCUT2D eigenvalue weighted by Gasteiger charge is 2.23. The van der Waals surface area contributed by atoms with Gasteiger partial charge in [-0.3, -0.25) is 14.9 Å². The number of aryl methyl sites for hydroxylation is 1. The summed E-state index contributed by atoms with van der Waals surface area (Å²) in [5, 5.41) is 7.33. The highest BCUT2D eigenvalue weighted by atomic mass is 16.2. The fourth-order valence-electron chi connectivity index (χ4n) is 3.28. The van der Waals surface area contributed by atoms with Gasteiger partial charge < -0.3 is 4.90 Å². The van der Waals surface area contributed by atoms with Gasteiger partial charge in [0.1, 0.15) is 5.82 Å². The zero-order chi connectivity index (χ0) is 17.6. The number of rotatable bonds is 6. The Bertz CT molecular complexity index is 674. The van der Waals surface area contributed by atoms with Crippen molar-refractivity contribution in [2.24, 2.45) is 5.92 Å². The van der Waals surface area contributed by atoms with Crippen LogP contribution in [0.1, 0.15) is 56.2 Å². The third-order valence-corrected chi connectivity index (χ3v) is 4.89. The molecule has 3 rings (SSSR count). The molecule has 3 heterocycles. The van der Waals surface area contributed by atoms with Gasteiger partial charge in [-0.15, -0.1) is 0 Å². The first-order valence-corrected chi connectivity index (χ1v) is 9.19. The van der Waals surface area contributed by atoms with Crippen molar-refractivity contribution in [2.45, 2.75) is 51.9 Å². The van der Waals surface area contributed by atoms with E-state index in [9.17, 15) is 4.79 Å². The number of hydrogen-bond acceptors (Lipinski definition) is 4. The molecule has 2 aromatic rings. The summed E-state index contributed by atoms with van der Waals surface area (Å²) in [5.74, 6) is 3.06.